The van der Waals surface area contributed by atoms with E-state index in [9.17, 15) is 13.2 Å². The Morgan fingerprint density at radius 2 is 1.85 bits per heavy atom. The molecule has 110 valence electrons. The molecule has 0 spiro atoms. The van der Waals surface area contributed by atoms with Crippen molar-refractivity contribution in [2.75, 3.05) is 0 Å². The second-order valence-electron chi connectivity index (χ2n) is 3.92. The third-order valence-electron chi connectivity index (χ3n) is 2.46. The van der Waals surface area contributed by atoms with E-state index in [0.717, 1.165) is 29.2 Å². The van der Waals surface area contributed by atoms with E-state index < -0.39 is 11.9 Å². The first-order chi connectivity index (χ1) is 9.50. The van der Waals surface area contributed by atoms with Gasteiger partial charge in [0.25, 0.3) is 0 Å². The summed E-state index contributed by atoms with van der Waals surface area (Å²) in [5.41, 5.74) is 0.145. The van der Waals surface area contributed by atoms with Gasteiger partial charge in [-0.2, -0.15) is 18.3 Å². The number of alkyl halides is 3. The maximum Gasteiger partial charge on any atom is 0.435 e. The molecule has 0 fully saturated rings. The molecule has 2 rings (SSSR count). The molecule has 0 unspecified atom stereocenters. The van der Waals surface area contributed by atoms with Crippen molar-refractivity contribution in [2.45, 2.75) is 39.8 Å². The second-order valence-corrected chi connectivity index (χ2v) is 3.92. The Labute approximate surface area is 116 Å². The molecule has 2 aromatic heterocycles. The summed E-state index contributed by atoms with van der Waals surface area (Å²) in [6, 6.07) is 4.44. The maximum absolute atomic E-state index is 12.4. The van der Waals surface area contributed by atoms with E-state index in [1.807, 2.05) is 19.9 Å². The first-order valence-electron chi connectivity index (χ1n) is 6.59. The van der Waals surface area contributed by atoms with Gasteiger partial charge in [-0.1, -0.05) is 33.3 Å². The fourth-order valence-corrected chi connectivity index (χ4v) is 1.59. The Morgan fingerprint density at radius 3 is 2.30 bits per heavy atom. The first-order valence-corrected chi connectivity index (χ1v) is 6.59. The van der Waals surface area contributed by atoms with Gasteiger partial charge in [0.15, 0.2) is 11.5 Å². The summed E-state index contributed by atoms with van der Waals surface area (Å²) in [6.07, 6.45) is 0.396. The van der Waals surface area contributed by atoms with Crippen LogP contribution in [0.4, 0.5) is 13.2 Å². The van der Waals surface area contributed by atoms with Gasteiger partial charge < -0.3 is 0 Å². The standard InChI is InChI=1S/C12H12F3N3.C2H6/c1-2-3-9-4-5-11(16-8-9)18-7-6-10(17-18)12(13,14)15;1-2/h4-8H,2-3H2,1H3;1-2H3. The van der Waals surface area contributed by atoms with Gasteiger partial charge >= 0.3 is 6.18 Å². The summed E-state index contributed by atoms with van der Waals surface area (Å²) in [5, 5.41) is 3.46. The number of halogens is 3. The van der Waals surface area contributed by atoms with E-state index in [-0.39, 0.29) is 0 Å². The van der Waals surface area contributed by atoms with E-state index in [1.54, 1.807) is 12.3 Å². The molecule has 20 heavy (non-hydrogen) atoms. The molecule has 0 saturated carbocycles. The highest BCUT2D eigenvalue weighted by atomic mass is 19.4. The molecular weight excluding hydrogens is 267 g/mol. The molecule has 3 nitrogen and oxygen atoms in total. The molecule has 0 saturated heterocycles. The summed E-state index contributed by atoms with van der Waals surface area (Å²) < 4.78 is 38.3. The summed E-state index contributed by atoms with van der Waals surface area (Å²) >= 11 is 0. The van der Waals surface area contributed by atoms with Gasteiger partial charge in [-0.05, 0) is 24.1 Å². The number of hydrogen-bond donors (Lipinski definition) is 0. The van der Waals surface area contributed by atoms with Crippen LogP contribution in [0, 0.1) is 0 Å². The highest BCUT2D eigenvalue weighted by molar-refractivity contribution is 5.25. The zero-order chi connectivity index (χ0) is 15.2. The van der Waals surface area contributed by atoms with E-state index >= 15 is 0 Å². The summed E-state index contributed by atoms with van der Waals surface area (Å²) in [5.74, 6) is 0.380. The van der Waals surface area contributed by atoms with Crippen LogP contribution >= 0.6 is 0 Å². The topological polar surface area (TPSA) is 30.7 Å². The van der Waals surface area contributed by atoms with Crippen LogP contribution < -0.4 is 0 Å². The van der Waals surface area contributed by atoms with Crippen LogP contribution in [0.25, 0.3) is 5.82 Å². The van der Waals surface area contributed by atoms with E-state index in [4.69, 9.17) is 0 Å². The van der Waals surface area contributed by atoms with Gasteiger partial charge in [0.05, 0.1) is 0 Å². The average Bonchev–Trinajstić information content (AvgIpc) is 2.92. The van der Waals surface area contributed by atoms with E-state index in [1.165, 1.54) is 6.20 Å². The fourth-order valence-electron chi connectivity index (χ4n) is 1.59. The number of nitrogens with zero attached hydrogens (tertiary/aromatic N) is 3. The monoisotopic (exact) mass is 285 g/mol. The normalized spacial score (nSPS) is 10.9. The molecule has 0 bridgehead atoms. The smallest absolute Gasteiger partial charge is 0.237 e. The number of pyridine rings is 1. The SMILES string of the molecule is CC.CCCc1ccc(-n2ccc(C(F)(F)F)n2)nc1. The minimum atomic E-state index is -4.42. The predicted octanol–water partition coefficient (Wildman–Crippen LogP) is 4.26. The van der Waals surface area contributed by atoms with Crippen molar-refractivity contribution in [1.29, 1.82) is 0 Å². The molecule has 2 aromatic rings. The Bertz CT molecular complexity index is 515. The van der Waals surface area contributed by atoms with Crippen molar-refractivity contribution in [2.24, 2.45) is 0 Å². The molecule has 0 aliphatic heterocycles. The summed E-state index contributed by atoms with van der Waals surface area (Å²) in [6.45, 7) is 6.05. The Balaban J connectivity index is 0.000000956. The zero-order valence-electron chi connectivity index (χ0n) is 11.8. The van der Waals surface area contributed by atoms with Crippen LogP contribution in [0.15, 0.2) is 30.6 Å². The fraction of sp³-hybridized carbons (Fsp3) is 0.429. The minimum Gasteiger partial charge on any atom is -0.237 e. The largest absolute Gasteiger partial charge is 0.435 e. The number of hydrogen-bond acceptors (Lipinski definition) is 2. The average molecular weight is 285 g/mol. The van der Waals surface area contributed by atoms with Crippen molar-refractivity contribution in [3.05, 3.63) is 41.9 Å². The Morgan fingerprint density at radius 1 is 1.15 bits per heavy atom. The van der Waals surface area contributed by atoms with Crippen molar-refractivity contribution in [1.82, 2.24) is 14.8 Å². The molecule has 0 aliphatic carbocycles. The molecule has 0 atom stereocenters. The van der Waals surface area contributed by atoms with E-state index in [2.05, 4.69) is 17.0 Å². The lowest BCUT2D eigenvalue weighted by Gasteiger charge is -2.03. The maximum atomic E-state index is 12.4. The molecule has 6 heteroatoms. The minimum absolute atomic E-state index is 0.380. The van der Waals surface area contributed by atoms with Gasteiger partial charge in [0, 0.05) is 12.4 Å². The zero-order valence-corrected chi connectivity index (χ0v) is 11.8. The van der Waals surface area contributed by atoms with Crippen molar-refractivity contribution < 1.29 is 13.2 Å². The van der Waals surface area contributed by atoms with Crippen LogP contribution in [-0.4, -0.2) is 14.8 Å². The summed E-state index contributed by atoms with van der Waals surface area (Å²) in [4.78, 5) is 4.10. The van der Waals surface area contributed by atoms with Gasteiger partial charge in [-0.15, -0.1) is 0 Å². The lowest BCUT2D eigenvalue weighted by Crippen LogP contribution is -2.07. The molecule has 0 aliphatic rings. The Kier molecular flexibility index (Phi) is 5.73. The molecule has 0 N–H and O–H groups in total. The predicted molar refractivity (Wildman–Crippen MR) is 71.7 cm³/mol. The van der Waals surface area contributed by atoms with Crippen LogP contribution in [0.1, 0.15) is 38.4 Å². The lowest BCUT2D eigenvalue weighted by molar-refractivity contribution is -0.141. The third kappa shape index (κ3) is 4.08. The molecule has 0 aromatic carbocycles. The quantitative estimate of drug-likeness (QED) is 0.843. The van der Waals surface area contributed by atoms with Gasteiger partial charge in [0.1, 0.15) is 0 Å². The number of aromatic nitrogens is 3. The second kappa shape index (κ2) is 7.07. The molecule has 0 amide bonds. The van der Waals surface area contributed by atoms with Crippen LogP contribution in [0.5, 0.6) is 0 Å². The van der Waals surface area contributed by atoms with E-state index in [0.29, 0.717) is 5.82 Å². The van der Waals surface area contributed by atoms with Crippen molar-refractivity contribution in [3.63, 3.8) is 0 Å². The lowest BCUT2D eigenvalue weighted by atomic mass is 10.2. The number of aryl methyl sites for hydroxylation is 1. The van der Waals surface area contributed by atoms with Crippen LogP contribution in [0.3, 0.4) is 0 Å². The molecular formula is C14H18F3N3. The van der Waals surface area contributed by atoms with Gasteiger partial charge in [-0.3, -0.25) is 0 Å². The third-order valence-corrected chi connectivity index (χ3v) is 2.46. The molecule has 0 radical (unpaired) electrons. The number of rotatable bonds is 3. The van der Waals surface area contributed by atoms with Crippen LogP contribution in [0.2, 0.25) is 0 Å². The Hall–Kier alpha value is -1.85. The molecule has 2 heterocycles. The van der Waals surface area contributed by atoms with Gasteiger partial charge in [-0.25, -0.2) is 9.67 Å². The highest BCUT2D eigenvalue weighted by Gasteiger charge is 2.33. The van der Waals surface area contributed by atoms with Crippen molar-refractivity contribution >= 4 is 0 Å². The first kappa shape index (κ1) is 16.2. The van der Waals surface area contributed by atoms with Gasteiger partial charge in [0.2, 0.25) is 0 Å². The highest BCUT2D eigenvalue weighted by Crippen LogP contribution is 2.27. The van der Waals surface area contributed by atoms with Crippen molar-refractivity contribution in [3.8, 4) is 5.82 Å². The summed E-state index contributed by atoms with van der Waals surface area (Å²) in [7, 11) is 0. The van der Waals surface area contributed by atoms with Crippen LogP contribution in [-0.2, 0) is 12.6 Å².